The van der Waals surface area contributed by atoms with Gasteiger partial charge in [0.1, 0.15) is 0 Å². The van der Waals surface area contributed by atoms with Gasteiger partial charge in [-0.05, 0) is 46.1 Å². The fourth-order valence-corrected chi connectivity index (χ4v) is 2.17. The summed E-state index contributed by atoms with van der Waals surface area (Å²) >= 11 is 0. The molecule has 98 valence electrons. The molecule has 0 amide bonds. The zero-order chi connectivity index (χ0) is 12.8. The zero-order valence-corrected chi connectivity index (χ0v) is 12.2. The first-order valence-electron chi connectivity index (χ1n) is 6.80. The van der Waals surface area contributed by atoms with Crippen molar-refractivity contribution in [2.75, 3.05) is 13.6 Å². The molecular formula is C14H32N2. The predicted molar refractivity (Wildman–Crippen MR) is 73.7 cm³/mol. The fourth-order valence-electron chi connectivity index (χ4n) is 2.17. The van der Waals surface area contributed by atoms with Gasteiger partial charge in [-0.15, -0.1) is 0 Å². The molecular weight excluding hydrogens is 196 g/mol. The first-order chi connectivity index (χ1) is 7.37. The lowest BCUT2D eigenvalue weighted by atomic mass is 9.89. The van der Waals surface area contributed by atoms with Gasteiger partial charge in [-0.2, -0.15) is 0 Å². The number of nitrogens with zero attached hydrogens (tertiary/aromatic N) is 1. The number of likely N-dealkylation sites (N-methyl/N-ethyl adjacent to an activating group) is 1. The Kier molecular flexibility index (Phi) is 7.25. The Labute approximate surface area is 103 Å². The van der Waals surface area contributed by atoms with Crippen LogP contribution >= 0.6 is 0 Å². The van der Waals surface area contributed by atoms with Crippen molar-refractivity contribution in [3.8, 4) is 0 Å². The molecule has 0 aliphatic heterocycles. The number of nitrogens with two attached hydrogens (primary N) is 1. The van der Waals surface area contributed by atoms with Crippen molar-refractivity contribution >= 4 is 0 Å². The minimum absolute atomic E-state index is 0.166. The van der Waals surface area contributed by atoms with Crippen molar-refractivity contribution in [3.05, 3.63) is 0 Å². The summed E-state index contributed by atoms with van der Waals surface area (Å²) in [6.45, 7) is 12.2. The number of hydrogen-bond acceptors (Lipinski definition) is 2. The highest BCUT2D eigenvalue weighted by Crippen LogP contribution is 2.24. The van der Waals surface area contributed by atoms with Gasteiger partial charge >= 0.3 is 0 Å². The minimum Gasteiger partial charge on any atom is -0.329 e. The van der Waals surface area contributed by atoms with Crippen molar-refractivity contribution in [1.82, 2.24) is 4.90 Å². The van der Waals surface area contributed by atoms with Gasteiger partial charge < -0.3 is 5.73 Å². The molecule has 2 heteroatoms. The molecule has 0 saturated heterocycles. The molecule has 0 aromatic rings. The highest BCUT2D eigenvalue weighted by atomic mass is 15.2. The van der Waals surface area contributed by atoms with E-state index < -0.39 is 0 Å². The van der Waals surface area contributed by atoms with Crippen molar-refractivity contribution in [2.24, 2.45) is 11.7 Å². The van der Waals surface area contributed by atoms with Crippen LogP contribution < -0.4 is 5.73 Å². The molecule has 0 aromatic carbocycles. The average molecular weight is 228 g/mol. The van der Waals surface area contributed by atoms with E-state index in [0.29, 0.717) is 6.04 Å². The summed E-state index contributed by atoms with van der Waals surface area (Å²) in [6, 6.07) is 0.630. The molecule has 0 spiro atoms. The monoisotopic (exact) mass is 228 g/mol. The summed E-state index contributed by atoms with van der Waals surface area (Å²) in [5, 5.41) is 0. The Morgan fingerprint density at radius 1 is 1.19 bits per heavy atom. The van der Waals surface area contributed by atoms with Crippen LogP contribution in [0.3, 0.4) is 0 Å². The normalized spacial score (nSPS) is 17.8. The topological polar surface area (TPSA) is 29.3 Å². The third-order valence-corrected chi connectivity index (χ3v) is 3.92. The predicted octanol–water partition coefficient (Wildman–Crippen LogP) is 3.26. The van der Waals surface area contributed by atoms with Crippen LogP contribution in [0.4, 0.5) is 0 Å². The summed E-state index contributed by atoms with van der Waals surface area (Å²) in [5.41, 5.74) is 6.15. The van der Waals surface area contributed by atoms with E-state index in [2.05, 4.69) is 46.6 Å². The number of rotatable bonds is 8. The van der Waals surface area contributed by atoms with Crippen LogP contribution in [0.5, 0.6) is 0 Å². The van der Waals surface area contributed by atoms with E-state index >= 15 is 0 Å². The summed E-state index contributed by atoms with van der Waals surface area (Å²) in [5.74, 6) is 0.765. The molecule has 0 saturated carbocycles. The van der Waals surface area contributed by atoms with Gasteiger partial charge in [0.25, 0.3) is 0 Å². The van der Waals surface area contributed by atoms with Crippen LogP contribution in [-0.2, 0) is 0 Å². The Morgan fingerprint density at radius 2 is 1.75 bits per heavy atom. The lowest BCUT2D eigenvalue weighted by molar-refractivity contribution is 0.0821. The SMILES string of the molecule is CCCC(C)N(C)C(C)(CN)CCC(C)C. The molecule has 2 unspecified atom stereocenters. The van der Waals surface area contributed by atoms with E-state index in [-0.39, 0.29) is 5.54 Å². The van der Waals surface area contributed by atoms with Crippen molar-refractivity contribution in [2.45, 2.75) is 71.9 Å². The summed E-state index contributed by atoms with van der Waals surface area (Å²) in [7, 11) is 2.23. The molecule has 2 N–H and O–H groups in total. The first-order valence-corrected chi connectivity index (χ1v) is 6.80. The van der Waals surface area contributed by atoms with Crippen LogP contribution in [0.1, 0.15) is 60.3 Å². The third kappa shape index (κ3) is 4.84. The van der Waals surface area contributed by atoms with E-state index in [0.717, 1.165) is 12.5 Å². The molecule has 0 radical (unpaired) electrons. The van der Waals surface area contributed by atoms with Crippen molar-refractivity contribution in [1.29, 1.82) is 0 Å². The lowest BCUT2D eigenvalue weighted by Crippen LogP contribution is -2.53. The van der Waals surface area contributed by atoms with Crippen LogP contribution in [0, 0.1) is 5.92 Å². The Bertz CT molecular complexity index is 180. The van der Waals surface area contributed by atoms with Gasteiger partial charge in [0.2, 0.25) is 0 Å². The van der Waals surface area contributed by atoms with Gasteiger partial charge in [-0.1, -0.05) is 27.2 Å². The summed E-state index contributed by atoms with van der Waals surface area (Å²) in [6.07, 6.45) is 4.96. The van der Waals surface area contributed by atoms with E-state index in [9.17, 15) is 0 Å². The van der Waals surface area contributed by atoms with E-state index in [1.54, 1.807) is 0 Å². The second kappa shape index (κ2) is 7.29. The van der Waals surface area contributed by atoms with Gasteiger partial charge in [-0.3, -0.25) is 4.90 Å². The second-order valence-corrected chi connectivity index (χ2v) is 5.88. The average Bonchev–Trinajstić information content (AvgIpc) is 2.25. The van der Waals surface area contributed by atoms with Gasteiger partial charge in [0.05, 0.1) is 0 Å². The smallest absolute Gasteiger partial charge is 0.0303 e. The molecule has 0 fully saturated rings. The van der Waals surface area contributed by atoms with E-state index in [1.807, 2.05) is 0 Å². The van der Waals surface area contributed by atoms with Crippen molar-refractivity contribution in [3.63, 3.8) is 0 Å². The van der Waals surface area contributed by atoms with E-state index in [4.69, 9.17) is 5.73 Å². The molecule has 2 nitrogen and oxygen atoms in total. The fraction of sp³-hybridized carbons (Fsp3) is 1.00. The molecule has 2 atom stereocenters. The summed E-state index contributed by atoms with van der Waals surface area (Å²) in [4.78, 5) is 2.48. The highest BCUT2D eigenvalue weighted by Gasteiger charge is 2.30. The number of hydrogen-bond donors (Lipinski definition) is 1. The summed E-state index contributed by atoms with van der Waals surface area (Å²) < 4.78 is 0. The quantitative estimate of drug-likeness (QED) is 0.691. The van der Waals surface area contributed by atoms with E-state index in [1.165, 1.54) is 25.7 Å². The lowest BCUT2D eigenvalue weighted by Gasteiger charge is -2.42. The van der Waals surface area contributed by atoms with Crippen LogP contribution in [0.2, 0.25) is 0 Å². The standard InChI is InChI=1S/C14H32N2/c1-7-8-13(4)16(6)14(5,11-15)10-9-12(2)3/h12-13H,7-11,15H2,1-6H3. The maximum absolute atomic E-state index is 5.99. The third-order valence-electron chi connectivity index (χ3n) is 3.92. The van der Waals surface area contributed by atoms with Crippen LogP contribution in [-0.4, -0.2) is 30.1 Å². The van der Waals surface area contributed by atoms with Crippen LogP contribution in [0.25, 0.3) is 0 Å². The second-order valence-electron chi connectivity index (χ2n) is 5.88. The zero-order valence-electron chi connectivity index (χ0n) is 12.2. The maximum atomic E-state index is 5.99. The van der Waals surface area contributed by atoms with Gasteiger partial charge in [-0.25, -0.2) is 0 Å². The molecule has 0 aliphatic carbocycles. The Balaban J connectivity index is 4.41. The molecule has 0 aromatic heterocycles. The Morgan fingerprint density at radius 3 is 2.12 bits per heavy atom. The van der Waals surface area contributed by atoms with Gasteiger partial charge in [0.15, 0.2) is 0 Å². The maximum Gasteiger partial charge on any atom is 0.0303 e. The van der Waals surface area contributed by atoms with Crippen molar-refractivity contribution < 1.29 is 0 Å². The minimum atomic E-state index is 0.166. The van der Waals surface area contributed by atoms with Crippen LogP contribution in [0.15, 0.2) is 0 Å². The highest BCUT2D eigenvalue weighted by molar-refractivity contribution is 4.88. The molecule has 0 rings (SSSR count). The molecule has 0 bridgehead atoms. The van der Waals surface area contributed by atoms with Gasteiger partial charge in [0, 0.05) is 18.1 Å². The Hall–Kier alpha value is -0.0800. The first kappa shape index (κ1) is 15.9. The molecule has 0 heterocycles. The molecule has 0 aliphatic rings. The molecule has 16 heavy (non-hydrogen) atoms. The largest absolute Gasteiger partial charge is 0.329 e.